The van der Waals surface area contributed by atoms with Gasteiger partial charge < -0.3 is 0 Å². The van der Waals surface area contributed by atoms with Crippen LogP contribution in [-0.4, -0.2) is 5.78 Å². The van der Waals surface area contributed by atoms with Gasteiger partial charge in [0.05, 0.1) is 6.07 Å². The first-order chi connectivity index (χ1) is 9.70. The van der Waals surface area contributed by atoms with E-state index in [1.54, 1.807) is 0 Å². The van der Waals surface area contributed by atoms with E-state index in [4.69, 9.17) is 0 Å². The molecule has 3 saturated carbocycles. The molecule has 5 unspecified atom stereocenters. The Morgan fingerprint density at radius 2 is 1.80 bits per heavy atom. The number of Topliss-reactive ketones (excluding diaryl/α,β-unsaturated/α-hetero) is 1. The quantitative estimate of drug-likeness (QED) is 0.843. The van der Waals surface area contributed by atoms with Crippen LogP contribution < -0.4 is 0 Å². The van der Waals surface area contributed by atoms with Crippen LogP contribution in [0.4, 0.5) is 0 Å². The molecule has 2 nitrogen and oxygen atoms in total. The zero-order valence-corrected chi connectivity index (χ0v) is 12.7. The second kappa shape index (κ2) is 4.43. The maximum atomic E-state index is 12.7. The van der Waals surface area contributed by atoms with Crippen LogP contribution in [-0.2, 0) is 4.79 Å². The molecule has 20 heavy (non-hydrogen) atoms. The van der Waals surface area contributed by atoms with Crippen molar-refractivity contribution in [2.24, 2.45) is 29.6 Å². The Morgan fingerprint density at radius 3 is 2.35 bits per heavy atom. The summed E-state index contributed by atoms with van der Waals surface area (Å²) in [6.07, 6.45) is 3.96. The number of benzene rings is 1. The van der Waals surface area contributed by atoms with Crippen molar-refractivity contribution in [3.05, 3.63) is 34.3 Å². The largest absolute Gasteiger partial charge is 0.298 e. The normalized spacial score (nSPS) is 38.1. The lowest BCUT2D eigenvalue weighted by atomic mass is 9.89. The second-order valence-corrected chi connectivity index (χ2v) is 7.45. The standard InChI is InChI=1S/C17H16BrNO/c18-12-5-3-9(4-6-12)13(8-19)17(20)16-14-10-1-2-11(7-10)15(14)16/h3-6,10-11,13-16H,1-2,7H2. The number of halogens is 1. The molecule has 0 heterocycles. The van der Waals surface area contributed by atoms with Crippen molar-refractivity contribution in [1.82, 2.24) is 0 Å². The number of nitrogens with zero attached hydrogens (tertiary/aromatic N) is 1. The van der Waals surface area contributed by atoms with Gasteiger partial charge >= 0.3 is 0 Å². The zero-order valence-electron chi connectivity index (χ0n) is 11.1. The van der Waals surface area contributed by atoms with Crippen LogP contribution in [0.25, 0.3) is 0 Å². The summed E-state index contributed by atoms with van der Waals surface area (Å²) < 4.78 is 0.978. The van der Waals surface area contributed by atoms with E-state index in [-0.39, 0.29) is 11.7 Å². The Kier molecular flexibility index (Phi) is 2.79. The highest BCUT2D eigenvalue weighted by Crippen LogP contribution is 2.70. The van der Waals surface area contributed by atoms with E-state index < -0.39 is 5.92 Å². The number of ketones is 1. The third-order valence-electron chi connectivity index (χ3n) is 5.68. The molecule has 5 atom stereocenters. The molecule has 0 N–H and O–H groups in total. The number of nitriles is 1. The fourth-order valence-corrected chi connectivity index (χ4v) is 5.12. The summed E-state index contributed by atoms with van der Waals surface area (Å²) in [6, 6.07) is 9.83. The molecule has 0 radical (unpaired) electrons. The van der Waals surface area contributed by atoms with E-state index >= 15 is 0 Å². The van der Waals surface area contributed by atoms with Crippen LogP contribution in [0.15, 0.2) is 28.7 Å². The van der Waals surface area contributed by atoms with Crippen LogP contribution in [0.2, 0.25) is 0 Å². The molecule has 102 valence electrons. The molecule has 3 aliphatic carbocycles. The van der Waals surface area contributed by atoms with Gasteiger partial charge in [0.2, 0.25) is 0 Å². The molecular weight excluding hydrogens is 314 g/mol. The van der Waals surface area contributed by atoms with Crippen molar-refractivity contribution < 1.29 is 4.79 Å². The van der Waals surface area contributed by atoms with Gasteiger partial charge in [0.25, 0.3) is 0 Å². The molecule has 4 rings (SSSR count). The second-order valence-electron chi connectivity index (χ2n) is 6.53. The summed E-state index contributed by atoms with van der Waals surface area (Å²) in [7, 11) is 0. The molecule has 0 saturated heterocycles. The Hall–Kier alpha value is -1.14. The topological polar surface area (TPSA) is 40.9 Å². The predicted molar refractivity (Wildman–Crippen MR) is 78.8 cm³/mol. The number of carbonyl (C=O) groups excluding carboxylic acids is 1. The van der Waals surface area contributed by atoms with E-state index in [0.717, 1.165) is 21.9 Å². The maximum absolute atomic E-state index is 12.7. The van der Waals surface area contributed by atoms with Crippen molar-refractivity contribution in [2.45, 2.75) is 25.2 Å². The van der Waals surface area contributed by atoms with Crippen molar-refractivity contribution in [1.29, 1.82) is 5.26 Å². The van der Waals surface area contributed by atoms with Crippen LogP contribution in [0.3, 0.4) is 0 Å². The Balaban J connectivity index is 1.56. The van der Waals surface area contributed by atoms with Gasteiger partial charge in [0.1, 0.15) is 5.92 Å². The lowest BCUT2D eigenvalue weighted by Gasteiger charge is -2.12. The molecule has 1 aromatic rings. The predicted octanol–water partition coefficient (Wildman–Crippen LogP) is 3.92. The summed E-state index contributed by atoms with van der Waals surface area (Å²) in [5.74, 6) is 2.60. The smallest absolute Gasteiger partial charge is 0.158 e. The number of hydrogen-bond acceptors (Lipinski definition) is 2. The third kappa shape index (κ3) is 1.71. The fourth-order valence-electron chi connectivity index (χ4n) is 4.86. The molecule has 3 aliphatic rings. The van der Waals surface area contributed by atoms with E-state index in [1.165, 1.54) is 19.3 Å². The van der Waals surface area contributed by atoms with Crippen LogP contribution in [0.1, 0.15) is 30.7 Å². The first-order valence-corrected chi connectivity index (χ1v) is 8.19. The fraction of sp³-hybridized carbons (Fsp3) is 0.529. The minimum atomic E-state index is -0.571. The van der Waals surface area contributed by atoms with Crippen molar-refractivity contribution in [3.8, 4) is 6.07 Å². The first kappa shape index (κ1) is 12.6. The van der Waals surface area contributed by atoms with E-state index in [9.17, 15) is 10.1 Å². The number of rotatable bonds is 3. The average molecular weight is 330 g/mol. The SMILES string of the molecule is N#CC(C(=O)C1C2C3CCC(C3)C12)c1ccc(Br)cc1. The summed E-state index contributed by atoms with van der Waals surface area (Å²) in [5.41, 5.74) is 0.845. The van der Waals surface area contributed by atoms with Crippen LogP contribution in [0, 0.1) is 40.9 Å². The molecule has 0 amide bonds. The molecule has 1 aromatic carbocycles. The Bertz CT molecular complexity index is 586. The van der Waals surface area contributed by atoms with E-state index in [0.29, 0.717) is 11.8 Å². The van der Waals surface area contributed by atoms with Crippen LogP contribution in [0.5, 0.6) is 0 Å². The molecule has 3 heteroatoms. The van der Waals surface area contributed by atoms with Gasteiger partial charge in [-0.2, -0.15) is 5.26 Å². The maximum Gasteiger partial charge on any atom is 0.158 e. The van der Waals surface area contributed by atoms with E-state index in [1.807, 2.05) is 24.3 Å². The van der Waals surface area contributed by atoms with Crippen LogP contribution >= 0.6 is 15.9 Å². The minimum absolute atomic E-state index is 0.182. The highest BCUT2D eigenvalue weighted by Gasteiger charge is 2.67. The molecule has 0 spiro atoms. The van der Waals surface area contributed by atoms with Gasteiger partial charge in [0, 0.05) is 10.4 Å². The molecule has 3 fully saturated rings. The van der Waals surface area contributed by atoms with Crippen molar-refractivity contribution in [3.63, 3.8) is 0 Å². The summed E-state index contributed by atoms with van der Waals surface area (Å²) in [4.78, 5) is 12.7. The number of fused-ring (bicyclic) bond motifs is 5. The number of hydrogen-bond donors (Lipinski definition) is 0. The first-order valence-electron chi connectivity index (χ1n) is 7.39. The van der Waals surface area contributed by atoms with Crippen molar-refractivity contribution >= 4 is 21.7 Å². The monoisotopic (exact) mass is 329 g/mol. The minimum Gasteiger partial charge on any atom is -0.298 e. The molecular formula is C17H16BrNO. The van der Waals surface area contributed by atoms with Crippen molar-refractivity contribution in [2.75, 3.05) is 0 Å². The van der Waals surface area contributed by atoms with E-state index in [2.05, 4.69) is 22.0 Å². The van der Waals surface area contributed by atoms with Gasteiger partial charge in [-0.15, -0.1) is 0 Å². The summed E-state index contributed by atoms with van der Waals surface area (Å²) in [6.45, 7) is 0. The van der Waals surface area contributed by atoms with Gasteiger partial charge in [-0.05, 0) is 60.6 Å². The lowest BCUT2D eigenvalue weighted by Crippen LogP contribution is -2.17. The zero-order chi connectivity index (χ0) is 13.9. The van der Waals surface area contributed by atoms with Gasteiger partial charge in [0.15, 0.2) is 5.78 Å². The Morgan fingerprint density at radius 1 is 1.20 bits per heavy atom. The molecule has 2 bridgehead atoms. The summed E-state index contributed by atoms with van der Waals surface area (Å²) >= 11 is 3.39. The third-order valence-corrected chi connectivity index (χ3v) is 6.21. The molecule has 0 aliphatic heterocycles. The molecule has 0 aromatic heterocycles. The highest BCUT2D eigenvalue weighted by molar-refractivity contribution is 9.10. The average Bonchev–Trinajstić information content (AvgIpc) is 2.90. The van der Waals surface area contributed by atoms with Gasteiger partial charge in [-0.25, -0.2) is 0 Å². The highest BCUT2D eigenvalue weighted by atomic mass is 79.9. The van der Waals surface area contributed by atoms with Gasteiger partial charge in [-0.1, -0.05) is 28.1 Å². The lowest BCUT2D eigenvalue weighted by molar-refractivity contribution is -0.121. The van der Waals surface area contributed by atoms with Gasteiger partial charge in [-0.3, -0.25) is 4.79 Å². The number of carbonyl (C=O) groups is 1. The summed E-state index contributed by atoms with van der Waals surface area (Å²) in [5, 5.41) is 9.42. The Labute approximate surface area is 127 Å².